The summed E-state index contributed by atoms with van der Waals surface area (Å²) in [5.74, 6) is -0.904. The Bertz CT molecular complexity index is 1060. The van der Waals surface area contributed by atoms with Crippen molar-refractivity contribution in [2.24, 2.45) is 0 Å². The SMILES string of the molecule is CCC/C=C\CCCCCCCC(=O)OCC(COC(=O)CCCCCCCCC/C=C\C/C=C\CCCCC)OC(=O)CCCCCCC/C=C\CCCCCCCC. The van der Waals surface area contributed by atoms with E-state index in [-0.39, 0.29) is 31.1 Å². The minimum Gasteiger partial charge on any atom is -0.462 e. The Morgan fingerprint density at radius 1 is 0.333 bits per heavy atom. The first-order valence-corrected chi connectivity index (χ1v) is 25.6. The van der Waals surface area contributed by atoms with E-state index in [1.807, 2.05) is 0 Å². The van der Waals surface area contributed by atoms with Gasteiger partial charge in [-0.1, -0.05) is 191 Å². The highest BCUT2D eigenvalue weighted by Crippen LogP contribution is 2.14. The first-order chi connectivity index (χ1) is 29.5. The van der Waals surface area contributed by atoms with Crippen molar-refractivity contribution in [3.63, 3.8) is 0 Å². The number of ether oxygens (including phenoxy) is 3. The molecule has 348 valence electrons. The largest absolute Gasteiger partial charge is 0.462 e. The molecule has 0 aromatic rings. The van der Waals surface area contributed by atoms with E-state index in [9.17, 15) is 14.4 Å². The average Bonchev–Trinajstić information content (AvgIpc) is 3.24. The third-order valence-electron chi connectivity index (χ3n) is 11.0. The van der Waals surface area contributed by atoms with Crippen LogP contribution in [-0.4, -0.2) is 37.2 Å². The van der Waals surface area contributed by atoms with E-state index < -0.39 is 6.10 Å². The number of hydrogen-bond donors (Lipinski definition) is 0. The molecule has 0 spiro atoms. The van der Waals surface area contributed by atoms with E-state index in [0.29, 0.717) is 19.3 Å². The lowest BCUT2D eigenvalue weighted by Crippen LogP contribution is -2.30. The van der Waals surface area contributed by atoms with E-state index in [2.05, 4.69) is 69.4 Å². The molecule has 1 unspecified atom stereocenters. The Hall–Kier alpha value is -2.63. The molecule has 0 aliphatic carbocycles. The number of hydrogen-bond acceptors (Lipinski definition) is 6. The number of esters is 3. The lowest BCUT2D eigenvalue weighted by atomic mass is 10.1. The fourth-order valence-corrected chi connectivity index (χ4v) is 7.12. The van der Waals surface area contributed by atoms with Gasteiger partial charge >= 0.3 is 17.9 Å². The van der Waals surface area contributed by atoms with Crippen molar-refractivity contribution in [1.82, 2.24) is 0 Å². The first-order valence-electron chi connectivity index (χ1n) is 25.6. The van der Waals surface area contributed by atoms with Gasteiger partial charge in [0.05, 0.1) is 0 Å². The minimum absolute atomic E-state index is 0.0827. The van der Waals surface area contributed by atoms with Crippen molar-refractivity contribution >= 4 is 17.9 Å². The van der Waals surface area contributed by atoms with Crippen molar-refractivity contribution < 1.29 is 28.6 Å². The van der Waals surface area contributed by atoms with Crippen LogP contribution < -0.4 is 0 Å². The molecule has 0 aliphatic rings. The number of allylic oxidation sites excluding steroid dienone is 8. The second-order valence-electron chi connectivity index (χ2n) is 17.1. The lowest BCUT2D eigenvalue weighted by molar-refractivity contribution is -0.167. The highest BCUT2D eigenvalue weighted by molar-refractivity contribution is 5.71. The van der Waals surface area contributed by atoms with Crippen LogP contribution in [0.1, 0.15) is 258 Å². The minimum atomic E-state index is -0.781. The van der Waals surface area contributed by atoms with Crippen LogP contribution in [-0.2, 0) is 28.6 Å². The molecule has 0 radical (unpaired) electrons. The molecule has 0 aromatic carbocycles. The van der Waals surface area contributed by atoms with Crippen molar-refractivity contribution in [2.45, 2.75) is 264 Å². The zero-order valence-electron chi connectivity index (χ0n) is 39.7. The third-order valence-corrected chi connectivity index (χ3v) is 11.0. The summed E-state index contributed by atoms with van der Waals surface area (Å²) in [7, 11) is 0. The van der Waals surface area contributed by atoms with E-state index >= 15 is 0 Å². The standard InChI is InChI=1S/C54H96O6/c1-4-7-10-13-16-19-22-24-26-27-29-30-32-35-38-41-44-47-53(56)59-50-51(49-58-52(55)46-43-40-37-34-21-18-15-12-9-6-3)60-54(57)48-45-42-39-36-33-31-28-25-23-20-17-14-11-8-5-2/h12,15-16,19,24-26,28,51H,4-11,13-14,17-18,20-23,27,29-50H2,1-3H3/b15-12-,19-16-,26-24-,28-25-. The van der Waals surface area contributed by atoms with Crippen LogP contribution in [0.3, 0.4) is 0 Å². The maximum atomic E-state index is 12.8. The highest BCUT2D eigenvalue weighted by Gasteiger charge is 2.19. The van der Waals surface area contributed by atoms with Crippen LogP contribution >= 0.6 is 0 Å². The van der Waals surface area contributed by atoms with Gasteiger partial charge in [-0.15, -0.1) is 0 Å². The number of carbonyl (C=O) groups is 3. The van der Waals surface area contributed by atoms with E-state index in [1.54, 1.807) is 0 Å². The fraction of sp³-hybridized carbons (Fsp3) is 0.796. The molecular formula is C54H96O6. The molecule has 0 heterocycles. The average molecular weight is 841 g/mol. The Morgan fingerprint density at radius 2 is 0.633 bits per heavy atom. The molecular weight excluding hydrogens is 745 g/mol. The van der Waals surface area contributed by atoms with Crippen molar-refractivity contribution in [1.29, 1.82) is 0 Å². The zero-order chi connectivity index (χ0) is 43.7. The van der Waals surface area contributed by atoms with Crippen LogP contribution in [0.4, 0.5) is 0 Å². The smallest absolute Gasteiger partial charge is 0.306 e. The Labute approximate surface area is 371 Å². The summed E-state index contributed by atoms with van der Waals surface area (Å²) < 4.78 is 16.8. The van der Waals surface area contributed by atoms with Crippen LogP contribution in [0.15, 0.2) is 48.6 Å². The Morgan fingerprint density at radius 3 is 1.03 bits per heavy atom. The molecule has 0 N–H and O–H groups in total. The Balaban J connectivity index is 4.36. The first kappa shape index (κ1) is 57.4. The number of carbonyl (C=O) groups excluding carboxylic acids is 3. The predicted molar refractivity (Wildman–Crippen MR) is 256 cm³/mol. The summed E-state index contributed by atoms with van der Waals surface area (Å²) in [6.07, 6.45) is 58.1. The van der Waals surface area contributed by atoms with Gasteiger partial charge < -0.3 is 14.2 Å². The molecule has 0 saturated carbocycles. The van der Waals surface area contributed by atoms with E-state index in [1.165, 1.54) is 122 Å². The molecule has 0 amide bonds. The summed E-state index contributed by atoms with van der Waals surface area (Å²) in [5.41, 5.74) is 0. The molecule has 0 aliphatic heterocycles. The van der Waals surface area contributed by atoms with Gasteiger partial charge in [-0.25, -0.2) is 0 Å². The molecule has 60 heavy (non-hydrogen) atoms. The molecule has 6 nitrogen and oxygen atoms in total. The van der Waals surface area contributed by atoms with Gasteiger partial charge in [0.15, 0.2) is 6.10 Å². The van der Waals surface area contributed by atoms with Gasteiger partial charge in [-0.2, -0.15) is 0 Å². The van der Waals surface area contributed by atoms with Crippen molar-refractivity contribution in [2.75, 3.05) is 13.2 Å². The summed E-state index contributed by atoms with van der Waals surface area (Å²) in [4.78, 5) is 37.9. The van der Waals surface area contributed by atoms with Gasteiger partial charge in [0.2, 0.25) is 0 Å². The van der Waals surface area contributed by atoms with Crippen molar-refractivity contribution in [3.05, 3.63) is 48.6 Å². The second kappa shape index (κ2) is 49.0. The van der Waals surface area contributed by atoms with E-state index in [0.717, 1.165) is 96.3 Å². The number of unbranched alkanes of at least 4 members (excludes halogenated alkanes) is 27. The van der Waals surface area contributed by atoms with Crippen LogP contribution in [0.2, 0.25) is 0 Å². The van der Waals surface area contributed by atoms with Gasteiger partial charge in [0, 0.05) is 19.3 Å². The Kier molecular flexibility index (Phi) is 46.9. The topological polar surface area (TPSA) is 78.9 Å². The monoisotopic (exact) mass is 841 g/mol. The zero-order valence-corrected chi connectivity index (χ0v) is 39.7. The maximum absolute atomic E-state index is 12.8. The normalized spacial score (nSPS) is 12.4. The highest BCUT2D eigenvalue weighted by atomic mass is 16.6. The molecule has 0 fully saturated rings. The molecule has 6 heteroatoms. The molecule has 0 aromatic heterocycles. The molecule has 0 bridgehead atoms. The summed E-state index contributed by atoms with van der Waals surface area (Å²) >= 11 is 0. The summed E-state index contributed by atoms with van der Waals surface area (Å²) in [6, 6.07) is 0. The lowest BCUT2D eigenvalue weighted by Gasteiger charge is -2.18. The quantitative estimate of drug-likeness (QED) is 0.0263. The van der Waals surface area contributed by atoms with Crippen LogP contribution in [0, 0.1) is 0 Å². The molecule has 1 atom stereocenters. The van der Waals surface area contributed by atoms with Crippen LogP contribution in [0.5, 0.6) is 0 Å². The second-order valence-corrected chi connectivity index (χ2v) is 17.1. The van der Waals surface area contributed by atoms with Gasteiger partial charge in [0.25, 0.3) is 0 Å². The summed E-state index contributed by atoms with van der Waals surface area (Å²) in [6.45, 7) is 6.53. The summed E-state index contributed by atoms with van der Waals surface area (Å²) in [5, 5.41) is 0. The van der Waals surface area contributed by atoms with Crippen molar-refractivity contribution in [3.8, 4) is 0 Å². The van der Waals surface area contributed by atoms with Crippen LogP contribution in [0.25, 0.3) is 0 Å². The molecule has 0 rings (SSSR count). The fourth-order valence-electron chi connectivity index (χ4n) is 7.12. The predicted octanol–water partition coefficient (Wildman–Crippen LogP) is 16.7. The van der Waals surface area contributed by atoms with Gasteiger partial charge in [0.1, 0.15) is 13.2 Å². The molecule has 0 saturated heterocycles. The van der Waals surface area contributed by atoms with Gasteiger partial charge in [-0.3, -0.25) is 14.4 Å². The maximum Gasteiger partial charge on any atom is 0.306 e. The number of rotatable bonds is 46. The van der Waals surface area contributed by atoms with Gasteiger partial charge in [-0.05, 0) is 96.3 Å². The van der Waals surface area contributed by atoms with E-state index in [4.69, 9.17) is 14.2 Å². The third kappa shape index (κ3) is 46.4.